The molecule has 150 valence electrons. The zero-order chi connectivity index (χ0) is 19.6. The van der Waals surface area contributed by atoms with Gasteiger partial charge in [-0.3, -0.25) is 0 Å². The van der Waals surface area contributed by atoms with Crippen molar-refractivity contribution >= 4 is 11.5 Å². The zero-order valence-electron chi connectivity index (χ0n) is 17.5. The molecule has 1 saturated heterocycles. The minimum Gasteiger partial charge on any atom is -0.364 e. The molecule has 2 aromatic rings. The number of anilines is 2. The van der Waals surface area contributed by atoms with Gasteiger partial charge in [-0.25, -0.2) is 9.97 Å². The third kappa shape index (κ3) is 4.14. The maximum absolute atomic E-state index is 4.84. The minimum absolute atomic E-state index is 0.120. The molecule has 1 aliphatic heterocycles. The Morgan fingerprint density at radius 2 is 1.68 bits per heavy atom. The Bertz CT molecular complexity index is 768. The van der Waals surface area contributed by atoms with Crippen LogP contribution in [0, 0.1) is 0 Å². The first-order chi connectivity index (χ1) is 13.5. The smallest absolute Gasteiger partial charge is 0.161 e. The summed E-state index contributed by atoms with van der Waals surface area (Å²) in [4.78, 5) is 14.3. The van der Waals surface area contributed by atoms with Crippen molar-refractivity contribution < 1.29 is 0 Å². The molecular formula is C23H33N5. The van der Waals surface area contributed by atoms with E-state index in [9.17, 15) is 0 Å². The number of hydrogen-bond acceptors (Lipinski definition) is 5. The summed E-state index contributed by atoms with van der Waals surface area (Å²) in [6.07, 6.45) is 7.18. The second-order valence-electron chi connectivity index (χ2n) is 9.00. The summed E-state index contributed by atoms with van der Waals surface area (Å²) in [6.45, 7) is 11.0. The van der Waals surface area contributed by atoms with Crippen LogP contribution >= 0.6 is 0 Å². The molecule has 0 spiro atoms. The Morgan fingerprint density at radius 3 is 2.32 bits per heavy atom. The fraction of sp³-hybridized carbons (Fsp3) is 0.565. The Labute approximate surface area is 169 Å². The van der Waals surface area contributed by atoms with E-state index < -0.39 is 0 Å². The zero-order valence-corrected chi connectivity index (χ0v) is 17.5. The molecule has 0 atom stereocenters. The molecule has 5 nitrogen and oxygen atoms in total. The molecule has 1 aromatic carbocycles. The Kier molecular flexibility index (Phi) is 5.54. The summed E-state index contributed by atoms with van der Waals surface area (Å²) in [6, 6.07) is 11.5. The van der Waals surface area contributed by atoms with E-state index in [1.54, 1.807) is 0 Å². The lowest BCUT2D eigenvalue weighted by Gasteiger charge is -2.42. The molecule has 5 heteroatoms. The SMILES string of the molecule is CC(C)(C)N(c1ccc(-c2nccc(N3CCNCC3)n2)cc1)C1CCCC1. The van der Waals surface area contributed by atoms with Gasteiger partial charge in [0.2, 0.25) is 0 Å². The van der Waals surface area contributed by atoms with Crippen LogP contribution in [0.1, 0.15) is 46.5 Å². The van der Waals surface area contributed by atoms with E-state index in [0.29, 0.717) is 6.04 Å². The van der Waals surface area contributed by atoms with Crippen molar-refractivity contribution in [2.75, 3.05) is 36.0 Å². The highest BCUT2D eigenvalue weighted by Crippen LogP contribution is 2.34. The van der Waals surface area contributed by atoms with Crippen molar-refractivity contribution in [2.45, 2.75) is 58.0 Å². The maximum Gasteiger partial charge on any atom is 0.161 e. The standard InChI is InChI=1S/C23H33N5/c1-23(2,3)28(19-6-4-5-7-19)20-10-8-18(9-11-20)22-25-13-12-21(26-22)27-16-14-24-15-17-27/h8-13,19,24H,4-7,14-17H2,1-3H3. The quantitative estimate of drug-likeness (QED) is 0.866. The van der Waals surface area contributed by atoms with Crippen molar-refractivity contribution in [1.82, 2.24) is 15.3 Å². The number of piperazine rings is 1. The summed E-state index contributed by atoms with van der Waals surface area (Å²) in [5, 5.41) is 3.39. The van der Waals surface area contributed by atoms with E-state index in [4.69, 9.17) is 4.98 Å². The third-order valence-corrected chi connectivity index (χ3v) is 5.90. The van der Waals surface area contributed by atoms with E-state index in [1.165, 1.54) is 31.4 Å². The molecule has 0 amide bonds. The van der Waals surface area contributed by atoms with Crippen LogP contribution in [0.15, 0.2) is 36.5 Å². The molecule has 28 heavy (non-hydrogen) atoms. The summed E-state index contributed by atoms with van der Waals surface area (Å²) in [5.74, 6) is 1.84. The fourth-order valence-corrected chi connectivity index (χ4v) is 4.64. The van der Waals surface area contributed by atoms with Crippen LogP contribution in [0.25, 0.3) is 11.4 Å². The first-order valence-electron chi connectivity index (χ1n) is 10.7. The lowest BCUT2D eigenvalue weighted by Crippen LogP contribution is -2.47. The topological polar surface area (TPSA) is 44.3 Å². The Hall–Kier alpha value is -2.14. The highest BCUT2D eigenvalue weighted by Gasteiger charge is 2.31. The molecule has 2 fully saturated rings. The molecule has 1 N–H and O–H groups in total. The van der Waals surface area contributed by atoms with Gasteiger partial charge in [-0.05, 0) is 63.9 Å². The Morgan fingerprint density at radius 1 is 1.00 bits per heavy atom. The predicted octanol–water partition coefficient (Wildman–Crippen LogP) is 4.10. The van der Waals surface area contributed by atoms with Crippen LogP contribution in [0.4, 0.5) is 11.5 Å². The summed E-state index contributed by atoms with van der Waals surface area (Å²) in [5.41, 5.74) is 2.51. The molecule has 0 radical (unpaired) electrons. The molecule has 1 aromatic heterocycles. The lowest BCUT2D eigenvalue weighted by atomic mass is 9.99. The first kappa shape index (κ1) is 19.2. The molecule has 0 unspecified atom stereocenters. The number of hydrogen-bond donors (Lipinski definition) is 1. The van der Waals surface area contributed by atoms with Gasteiger partial charge < -0.3 is 15.1 Å². The van der Waals surface area contributed by atoms with Gasteiger partial charge in [0.25, 0.3) is 0 Å². The van der Waals surface area contributed by atoms with Crippen LogP contribution in [-0.2, 0) is 0 Å². The van der Waals surface area contributed by atoms with Crippen molar-refractivity contribution in [1.29, 1.82) is 0 Å². The first-order valence-corrected chi connectivity index (χ1v) is 10.7. The second kappa shape index (κ2) is 8.08. The molecule has 2 aliphatic rings. The number of nitrogens with one attached hydrogen (secondary N) is 1. The van der Waals surface area contributed by atoms with Gasteiger partial charge in [0, 0.05) is 55.2 Å². The average Bonchev–Trinajstić information content (AvgIpc) is 3.22. The van der Waals surface area contributed by atoms with Gasteiger partial charge in [-0.15, -0.1) is 0 Å². The number of nitrogens with zero attached hydrogens (tertiary/aromatic N) is 4. The van der Waals surface area contributed by atoms with Crippen molar-refractivity contribution in [3.05, 3.63) is 36.5 Å². The van der Waals surface area contributed by atoms with Gasteiger partial charge in [0.1, 0.15) is 5.82 Å². The fourth-order valence-electron chi connectivity index (χ4n) is 4.64. The van der Waals surface area contributed by atoms with Gasteiger partial charge in [0.05, 0.1) is 0 Å². The highest BCUT2D eigenvalue weighted by molar-refractivity contribution is 5.62. The van der Waals surface area contributed by atoms with Crippen molar-refractivity contribution in [3.8, 4) is 11.4 Å². The van der Waals surface area contributed by atoms with E-state index in [0.717, 1.165) is 43.4 Å². The van der Waals surface area contributed by atoms with Crippen LogP contribution in [-0.4, -0.2) is 47.7 Å². The largest absolute Gasteiger partial charge is 0.364 e. The van der Waals surface area contributed by atoms with Gasteiger partial charge in [-0.1, -0.05) is 12.8 Å². The van der Waals surface area contributed by atoms with Crippen LogP contribution in [0.3, 0.4) is 0 Å². The van der Waals surface area contributed by atoms with Crippen LogP contribution in [0.5, 0.6) is 0 Å². The third-order valence-electron chi connectivity index (χ3n) is 5.90. The normalized spacial score (nSPS) is 18.5. The van der Waals surface area contributed by atoms with E-state index in [2.05, 4.69) is 65.1 Å². The molecule has 4 rings (SSSR count). The molecule has 1 aliphatic carbocycles. The summed E-state index contributed by atoms with van der Waals surface area (Å²) in [7, 11) is 0. The average molecular weight is 380 g/mol. The molecule has 0 bridgehead atoms. The number of benzene rings is 1. The minimum atomic E-state index is 0.120. The summed E-state index contributed by atoms with van der Waals surface area (Å²) < 4.78 is 0. The number of aromatic nitrogens is 2. The van der Waals surface area contributed by atoms with E-state index in [-0.39, 0.29) is 5.54 Å². The van der Waals surface area contributed by atoms with Crippen LogP contribution in [0.2, 0.25) is 0 Å². The highest BCUT2D eigenvalue weighted by atomic mass is 15.2. The lowest BCUT2D eigenvalue weighted by molar-refractivity contribution is 0.439. The Balaban J connectivity index is 1.57. The number of rotatable bonds is 4. The van der Waals surface area contributed by atoms with Crippen molar-refractivity contribution in [3.63, 3.8) is 0 Å². The molecule has 1 saturated carbocycles. The second-order valence-corrected chi connectivity index (χ2v) is 9.00. The summed E-state index contributed by atoms with van der Waals surface area (Å²) >= 11 is 0. The van der Waals surface area contributed by atoms with E-state index in [1.807, 2.05) is 12.3 Å². The molecular weight excluding hydrogens is 346 g/mol. The van der Waals surface area contributed by atoms with Gasteiger partial charge in [0.15, 0.2) is 5.82 Å². The van der Waals surface area contributed by atoms with Gasteiger partial charge in [-0.2, -0.15) is 0 Å². The van der Waals surface area contributed by atoms with Crippen molar-refractivity contribution in [2.24, 2.45) is 0 Å². The maximum atomic E-state index is 4.84. The van der Waals surface area contributed by atoms with E-state index >= 15 is 0 Å². The van der Waals surface area contributed by atoms with Gasteiger partial charge >= 0.3 is 0 Å². The van der Waals surface area contributed by atoms with Crippen LogP contribution < -0.4 is 15.1 Å². The monoisotopic (exact) mass is 379 g/mol. The predicted molar refractivity (Wildman–Crippen MR) is 117 cm³/mol. The molecule has 2 heterocycles.